The predicted octanol–water partition coefficient (Wildman–Crippen LogP) is -0.144. The van der Waals surface area contributed by atoms with E-state index in [1.807, 2.05) is 0 Å². The van der Waals surface area contributed by atoms with E-state index in [1.54, 1.807) is 20.8 Å². The van der Waals surface area contributed by atoms with E-state index in [0.29, 0.717) is 6.42 Å². The van der Waals surface area contributed by atoms with Gasteiger partial charge in [0.2, 0.25) is 0 Å². The Labute approximate surface area is 61.9 Å². The fraction of sp³-hybridized carbons (Fsp3) is 1.00. The van der Waals surface area contributed by atoms with Gasteiger partial charge in [0.05, 0.1) is 12.2 Å². The van der Waals surface area contributed by atoms with E-state index in [2.05, 4.69) is 0 Å². The Balaban J connectivity index is 3.94. The highest BCUT2D eigenvalue weighted by atomic mass is 16.3. The zero-order valence-electron chi connectivity index (χ0n) is 6.83. The van der Waals surface area contributed by atoms with Gasteiger partial charge in [0.1, 0.15) is 0 Å². The van der Waals surface area contributed by atoms with Crippen LogP contribution < -0.4 is 5.73 Å². The monoisotopic (exact) mass is 147 g/mol. The van der Waals surface area contributed by atoms with E-state index in [4.69, 9.17) is 10.8 Å². The molecule has 10 heavy (non-hydrogen) atoms. The molecule has 0 rings (SSSR count). The molecule has 0 aliphatic heterocycles. The van der Waals surface area contributed by atoms with Crippen LogP contribution in [0.1, 0.15) is 27.2 Å². The van der Waals surface area contributed by atoms with Crippen LogP contribution in [0.2, 0.25) is 0 Å². The second-order valence-corrected chi connectivity index (χ2v) is 3.24. The molecule has 0 heterocycles. The van der Waals surface area contributed by atoms with Crippen LogP contribution in [0.25, 0.3) is 0 Å². The lowest BCUT2D eigenvalue weighted by atomic mass is 9.93. The smallest absolute Gasteiger partial charge is 0.0972 e. The van der Waals surface area contributed by atoms with E-state index in [0.717, 1.165) is 0 Å². The van der Waals surface area contributed by atoms with Gasteiger partial charge in [-0.1, -0.05) is 6.92 Å². The Morgan fingerprint density at radius 2 is 1.80 bits per heavy atom. The van der Waals surface area contributed by atoms with Crippen molar-refractivity contribution >= 4 is 0 Å². The molecule has 3 heteroatoms. The van der Waals surface area contributed by atoms with E-state index in [-0.39, 0.29) is 0 Å². The third-order valence-corrected chi connectivity index (χ3v) is 1.55. The maximum Gasteiger partial charge on any atom is 0.0972 e. The second kappa shape index (κ2) is 3.32. The lowest BCUT2D eigenvalue weighted by Crippen LogP contribution is -2.51. The standard InChI is InChI=1S/C7H17NO2/c1-4-5(9)6(10)7(2,3)8/h5-6,9-10H,4,8H2,1-3H3. The molecule has 0 aliphatic carbocycles. The highest BCUT2D eigenvalue weighted by Gasteiger charge is 2.28. The molecule has 0 fully saturated rings. The van der Waals surface area contributed by atoms with Crippen LogP contribution in [0.15, 0.2) is 0 Å². The topological polar surface area (TPSA) is 66.5 Å². The van der Waals surface area contributed by atoms with Gasteiger partial charge < -0.3 is 15.9 Å². The summed E-state index contributed by atoms with van der Waals surface area (Å²) in [4.78, 5) is 0. The molecule has 0 saturated carbocycles. The first-order valence-corrected chi connectivity index (χ1v) is 3.54. The molecule has 0 amide bonds. The van der Waals surface area contributed by atoms with Crippen LogP contribution in [-0.4, -0.2) is 28.0 Å². The fourth-order valence-corrected chi connectivity index (χ4v) is 0.719. The SMILES string of the molecule is CCC(O)C(O)C(C)(C)N. The molecule has 3 nitrogen and oxygen atoms in total. The third-order valence-electron chi connectivity index (χ3n) is 1.55. The van der Waals surface area contributed by atoms with E-state index < -0.39 is 17.7 Å². The summed E-state index contributed by atoms with van der Waals surface area (Å²) in [6.45, 7) is 5.19. The van der Waals surface area contributed by atoms with Gasteiger partial charge in [0, 0.05) is 5.54 Å². The molecule has 2 atom stereocenters. The molecule has 0 bridgehead atoms. The predicted molar refractivity (Wildman–Crippen MR) is 40.6 cm³/mol. The Hall–Kier alpha value is -0.120. The van der Waals surface area contributed by atoms with Crippen molar-refractivity contribution < 1.29 is 10.2 Å². The summed E-state index contributed by atoms with van der Waals surface area (Å²) >= 11 is 0. The minimum Gasteiger partial charge on any atom is -0.390 e. The molecule has 4 N–H and O–H groups in total. The molecule has 0 aromatic heterocycles. The van der Waals surface area contributed by atoms with Crippen LogP contribution in [-0.2, 0) is 0 Å². The lowest BCUT2D eigenvalue weighted by Gasteiger charge is -2.29. The Morgan fingerprint density at radius 1 is 1.40 bits per heavy atom. The molecule has 62 valence electrons. The summed E-state index contributed by atoms with van der Waals surface area (Å²) in [7, 11) is 0. The van der Waals surface area contributed by atoms with Crippen LogP contribution >= 0.6 is 0 Å². The molecule has 0 radical (unpaired) electrons. The highest BCUT2D eigenvalue weighted by Crippen LogP contribution is 2.10. The summed E-state index contributed by atoms with van der Waals surface area (Å²) in [5.74, 6) is 0. The number of hydrogen-bond acceptors (Lipinski definition) is 3. The lowest BCUT2D eigenvalue weighted by molar-refractivity contribution is -0.0201. The Bertz CT molecular complexity index is 98.3. The zero-order valence-corrected chi connectivity index (χ0v) is 6.83. The largest absolute Gasteiger partial charge is 0.390 e. The minimum absolute atomic E-state index is 0.530. The summed E-state index contributed by atoms with van der Waals surface area (Å²) in [6.07, 6.45) is -1.01. The van der Waals surface area contributed by atoms with Crippen LogP contribution in [0.3, 0.4) is 0 Å². The van der Waals surface area contributed by atoms with Crippen molar-refractivity contribution in [1.82, 2.24) is 0 Å². The van der Waals surface area contributed by atoms with Crippen molar-refractivity contribution in [2.24, 2.45) is 5.73 Å². The van der Waals surface area contributed by atoms with Gasteiger partial charge in [-0.2, -0.15) is 0 Å². The minimum atomic E-state index is -0.836. The second-order valence-electron chi connectivity index (χ2n) is 3.24. The van der Waals surface area contributed by atoms with Crippen LogP contribution in [0.4, 0.5) is 0 Å². The number of aliphatic hydroxyl groups is 2. The molecule has 0 spiro atoms. The van der Waals surface area contributed by atoms with Gasteiger partial charge in [0.25, 0.3) is 0 Å². The van der Waals surface area contributed by atoms with Crippen molar-refractivity contribution in [2.45, 2.75) is 44.9 Å². The average Bonchev–Trinajstić information content (AvgIpc) is 1.83. The summed E-state index contributed by atoms with van der Waals surface area (Å²) in [6, 6.07) is 0. The summed E-state index contributed by atoms with van der Waals surface area (Å²) in [5.41, 5.74) is 4.83. The van der Waals surface area contributed by atoms with Crippen molar-refractivity contribution in [1.29, 1.82) is 0 Å². The number of hydrogen-bond donors (Lipinski definition) is 3. The molecule has 0 saturated heterocycles. The first-order chi connectivity index (χ1) is 4.39. The molecule has 0 aromatic rings. The molecular weight excluding hydrogens is 130 g/mol. The van der Waals surface area contributed by atoms with Crippen molar-refractivity contribution in [3.63, 3.8) is 0 Å². The summed E-state index contributed by atoms with van der Waals surface area (Å²) < 4.78 is 0. The van der Waals surface area contributed by atoms with Gasteiger partial charge in [-0.3, -0.25) is 0 Å². The van der Waals surface area contributed by atoms with E-state index in [1.165, 1.54) is 0 Å². The maximum absolute atomic E-state index is 9.28. The maximum atomic E-state index is 9.28. The van der Waals surface area contributed by atoms with Gasteiger partial charge >= 0.3 is 0 Å². The first kappa shape index (κ1) is 9.88. The molecular formula is C7H17NO2. The first-order valence-electron chi connectivity index (χ1n) is 3.54. The number of aliphatic hydroxyl groups excluding tert-OH is 2. The average molecular weight is 147 g/mol. The zero-order chi connectivity index (χ0) is 8.36. The van der Waals surface area contributed by atoms with Gasteiger partial charge in [-0.15, -0.1) is 0 Å². The van der Waals surface area contributed by atoms with Gasteiger partial charge in [-0.05, 0) is 20.3 Å². The van der Waals surface area contributed by atoms with Crippen molar-refractivity contribution in [3.8, 4) is 0 Å². The normalized spacial score (nSPS) is 18.6. The van der Waals surface area contributed by atoms with E-state index >= 15 is 0 Å². The Kier molecular flexibility index (Phi) is 3.28. The van der Waals surface area contributed by atoms with Gasteiger partial charge in [-0.25, -0.2) is 0 Å². The van der Waals surface area contributed by atoms with Crippen LogP contribution in [0, 0.1) is 0 Å². The Morgan fingerprint density at radius 3 is 1.90 bits per heavy atom. The number of rotatable bonds is 3. The van der Waals surface area contributed by atoms with Crippen molar-refractivity contribution in [3.05, 3.63) is 0 Å². The highest BCUT2D eigenvalue weighted by molar-refractivity contribution is 4.86. The molecule has 0 aromatic carbocycles. The quantitative estimate of drug-likeness (QED) is 0.520. The van der Waals surface area contributed by atoms with E-state index in [9.17, 15) is 5.11 Å². The third kappa shape index (κ3) is 2.64. The van der Waals surface area contributed by atoms with Crippen LogP contribution in [0.5, 0.6) is 0 Å². The van der Waals surface area contributed by atoms with Crippen molar-refractivity contribution in [2.75, 3.05) is 0 Å². The van der Waals surface area contributed by atoms with Gasteiger partial charge in [0.15, 0.2) is 0 Å². The molecule has 0 aliphatic rings. The number of nitrogens with two attached hydrogens (primary N) is 1. The molecule has 2 unspecified atom stereocenters. The fourth-order valence-electron chi connectivity index (χ4n) is 0.719. The summed E-state index contributed by atoms with van der Waals surface area (Å²) in [5, 5.41) is 18.4.